The number of carbonyl (C=O) groups excluding carboxylic acids is 2. The van der Waals surface area contributed by atoms with E-state index in [1.807, 2.05) is 0 Å². The Balaban J connectivity index is 2.07. The summed E-state index contributed by atoms with van der Waals surface area (Å²) in [5.74, 6) is -2.58. The standard InChI is InChI=1S/C17H14ClF3N2O5S/c1-2-29(26,27)13-6-4-3-5-11(13)16(25)28-9-14(24)23-15-12(18)7-10(8-22-15)17(19,20)21/h3-8H,2,9H2,1H3,(H,22,23,24). The SMILES string of the molecule is CCS(=O)(=O)c1ccccc1C(=O)OCC(=O)Nc1ncc(C(F)(F)F)cc1Cl. The zero-order chi connectivity index (χ0) is 21.8. The van der Waals surface area contributed by atoms with E-state index >= 15 is 0 Å². The first-order chi connectivity index (χ1) is 13.5. The Labute approximate surface area is 168 Å². The van der Waals surface area contributed by atoms with Gasteiger partial charge in [0, 0.05) is 6.20 Å². The highest BCUT2D eigenvalue weighted by Crippen LogP contribution is 2.32. The molecule has 0 aliphatic rings. The number of hydrogen-bond donors (Lipinski definition) is 1. The van der Waals surface area contributed by atoms with Crippen LogP contribution >= 0.6 is 11.6 Å². The molecule has 1 heterocycles. The molecule has 1 amide bonds. The average Bonchev–Trinajstić information content (AvgIpc) is 2.66. The minimum absolute atomic E-state index is 0.236. The largest absolute Gasteiger partial charge is 0.452 e. The normalized spacial score (nSPS) is 11.8. The number of ether oxygens (including phenoxy) is 1. The number of benzene rings is 1. The van der Waals surface area contributed by atoms with E-state index in [2.05, 4.69) is 10.3 Å². The van der Waals surface area contributed by atoms with E-state index in [-0.39, 0.29) is 22.0 Å². The molecule has 1 aromatic heterocycles. The van der Waals surface area contributed by atoms with E-state index in [9.17, 15) is 31.2 Å². The topological polar surface area (TPSA) is 102 Å². The number of anilines is 1. The second-order valence-corrected chi connectivity index (χ2v) is 8.23. The molecule has 0 aliphatic carbocycles. The van der Waals surface area contributed by atoms with Crippen LogP contribution in [-0.2, 0) is 25.5 Å². The third-order valence-corrected chi connectivity index (χ3v) is 5.66. The Morgan fingerprint density at radius 1 is 1.24 bits per heavy atom. The quantitative estimate of drug-likeness (QED) is 0.677. The number of nitrogens with zero attached hydrogens (tertiary/aromatic N) is 1. The lowest BCUT2D eigenvalue weighted by molar-refractivity contribution is -0.137. The summed E-state index contributed by atoms with van der Waals surface area (Å²) in [6.07, 6.45) is -4.17. The molecule has 29 heavy (non-hydrogen) atoms. The van der Waals surface area contributed by atoms with Gasteiger partial charge in [0.15, 0.2) is 22.3 Å². The second-order valence-electron chi connectivity index (χ2n) is 5.58. The van der Waals surface area contributed by atoms with E-state index in [1.54, 1.807) is 0 Å². The highest BCUT2D eigenvalue weighted by Gasteiger charge is 2.31. The average molecular weight is 451 g/mol. The minimum Gasteiger partial charge on any atom is -0.452 e. The number of hydrogen-bond acceptors (Lipinski definition) is 6. The minimum atomic E-state index is -4.65. The number of carbonyl (C=O) groups is 2. The summed E-state index contributed by atoms with van der Waals surface area (Å²) >= 11 is 5.67. The summed E-state index contributed by atoms with van der Waals surface area (Å²) in [7, 11) is -3.70. The molecule has 0 fully saturated rings. The van der Waals surface area contributed by atoms with Gasteiger partial charge >= 0.3 is 12.1 Å². The summed E-state index contributed by atoms with van der Waals surface area (Å²) in [6.45, 7) is 0.573. The number of rotatable bonds is 6. The van der Waals surface area contributed by atoms with Crippen LogP contribution in [0.3, 0.4) is 0 Å². The van der Waals surface area contributed by atoms with Gasteiger partial charge in [-0.25, -0.2) is 18.2 Å². The van der Waals surface area contributed by atoms with Crippen molar-refractivity contribution in [2.75, 3.05) is 17.7 Å². The van der Waals surface area contributed by atoms with Crippen LogP contribution < -0.4 is 5.32 Å². The fourth-order valence-corrected chi connectivity index (χ4v) is 3.42. The molecule has 12 heteroatoms. The molecule has 156 valence electrons. The predicted molar refractivity (Wildman–Crippen MR) is 97.3 cm³/mol. The van der Waals surface area contributed by atoms with Gasteiger partial charge in [-0.1, -0.05) is 30.7 Å². The molecule has 0 aliphatic heterocycles. The Kier molecular flexibility index (Phi) is 6.85. The predicted octanol–water partition coefficient (Wildman–Crippen LogP) is 3.34. The van der Waals surface area contributed by atoms with Crippen LogP contribution in [0.4, 0.5) is 19.0 Å². The molecule has 2 rings (SSSR count). The lowest BCUT2D eigenvalue weighted by Gasteiger charge is -2.11. The highest BCUT2D eigenvalue weighted by molar-refractivity contribution is 7.91. The van der Waals surface area contributed by atoms with Gasteiger partial charge in [0.05, 0.1) is 26.8 Å². The van der Waals surface area contributed by atoms with Gasteiger partial charge in [-0.2, -0.15) is 13.2 Å². The summed E-state index contributed by atoms with van der Waals surface area (Å²) in [5.41, 5.74) is -1.34. The van der Waals surface area contributed by atoms with Gasteiger partial charge in [-0.3, -0.25) is 4.79 Å². The van der Waals surface area contributed by atoms with Crippen molar-refractivity contribution in [3.05, 3.63) is 52.7 Å². The maximum Gasteiger partial charge on any atom is 0.417 e. The number of pyridine rings is 1. The van der Waals surface area contributed by atoms with Crippen molar-refractivity contribution in [2.24, 2.45) is 0 Å². The third-order valence-electron chi connectivity index (χ3n) is 3.58. The number of amides is 1. The number of aromatic nitrogens is 1. The monoisotopic (exact) mass is 450 g/mol. The van der Waals surface area contributed by atoms with Crippen LogP contribution in [-0.4, -0.2) is 37.6 Å². The maximum absolute atomic E-state index is 12.6. The van der Waals surface area contributed by atoms with Crippen LogP contribution in [0.5, 0.6) is 0 Å². The van der Waals surface area contributed by atoms with Crippen molar-refractivity contribution in [2.45, 2.75) is 18.0 Å². The first-order valence-electron chi connectivity index (χ1n) is 7.97. The van der Waals surface area contributed by atoms with Gasteiger partial charge in [-0.15, -0.1) is 0 Å². The van der Waals surface area contributed by atoms with Crippen molar-refractivity contribution in [1.29, 1.82) is 0 Å². The molecule has 0 saturated heterocycles. The summed E-state index contributed by atoms with van der Waals surface area (Å²) in [5, 5.41) is 1.65. The Bertz CT molecular complexity index is 1040. The van der Waals surface area contributed by atoms with Crippen LogP contribution in [0.25, 0.3) is 0 Å². The van der Waals surface area contributed by atoms with E-state index in [0.717, 1.165) is 0 Å². The van der Waals surface area contributed by atoms with Gasteiger partial charge < -0.3 is 10.1 Å². The lowest BCUT2D eigenvalue weighted by Crippen LogP contribution is -2.22. The van der Waals surface area contributed by atoms with Crippen molar-refractivity contribution in [1.82, 2.24) is 4.98 Å². The first kappa shape index (κ1) is 22.6. The van der Waals surface area contributed by atoms with Crippen molar-refractivity contribution < 1.29 is 35.9 Å². The molecule has 1 aromatic carbocycles. The zero-order valence-corrected chi connectivity index (χ0v) is 16.4. The van der Waals surface area contributed by atoms with E-state index in [0.29, 0.717) is 12.3 Å². The van der Waals surface area contributed by atoms with Gasteiger partial charge in [0.1, 0.15) is 0 Å². The molecular formula is C17H14ClF3N2O5S. The van der Waals surface area contributed by atoms with Crippen molar-refractivity contribution in [3.63, 3.8) is 0 Å². The smallest absolute Gasteiger partial charge is 0.417 e. The number of alkyl halides is 3. The molecule has 1 N–H and O–H groups in total. The maximum atomic E-state index is 12.6. The van der Waals surface area contributed by atoms with Crippen molar-refractivity contribution in [3.8, 4) is 0 Å². The summed E-state index contributed by atoms with van der Waals surface area (Å²) in [6, 6.07) is 5.92. The molecule has 0 atom stereocenters. The van der Waals surface area contributed by atoms with E-state index in [1.165, 1.54) is 31.2 Å². The number of esters is 1. The van der Waals surface area contributed by atoms with Gasteiger partial charge in [-0.05, 0) is 18.2 Å². The Hall–Kier alpha value is -2.66. The molecular weight excluding hydrogens is 437 g/mol. The molecule has 0 bridgehead atoms. The second kappa shape index (κ2) is 8.78. The zero-order valence-electron chi connectivity index (χ0n) is 14.8. The number of halogens is 4. The molecule has 2 aromatic rings. The number of nitrogens with one attached hydrogen (secondary N) is 1. The van der Waals surface area contributed by atoms with E-state index < -0.39 is 45.1 Å². The van der Waals surface area contributed by atoms with Crippen LogP contribution in [0.15, 0.2) is 41.4 Å². The first-order valence-corrected chi connectivity index (χ1v) is 10.00. The van der Waals surface area contributed by atoms with E-state index in [4.69, 9.17) is 16.3 Å². The molecule has 0 unspecified atom stereocenters. The van der Waals surface area contributed by atoms with Gasteiger partial charge in [0.25, 0.3) is 5.91 Å². The Morgan fingerprint density at radius 3 is 2.48 bits per heavy atom. The Morgan fingerprint density at radius 2 is 1.90 bits per heavy atom. The molecule has 0 spiro atoms. The molecule has 0 radical (unpaired) electrons. The fourth-order valence-electron chi connectivity index (χ4n) is 2.12. The number of sulfone groups is 1. The fraction of sp³-hybridized carbons (Fsp3) is 0.235. The highest BCUT2D eigenvalue weighted by atomic mass is 35.5. The third kappa shape index (κ3) is 5.67. The van der Waals surface area contributed by atoms with Gasteiger partial charge in [0.2, 0.25) is 0 Å². The lowest BCUT2D eigenvalue weighted by atomic mass is 10.2. The summed E-state index contributed by atoms with van der Waals surface area (Å²) in [4.78, 5) is 27.3. The molecule has 7 nitrogen and oxygen atoms in total. The van der Waals surface area contributed by atoms with Crippen molar-refractivity contribution >= 4 is 39.1 Å². The van der Waals surface area contributed by atoms with Crippen LogP contribution in [0.1, 0.15) is 22.8 Å². The molecule has 0 saturated carbocycles. The summed E-state index contributed by atoms with van der Waals surface area (Å²) < 4.78 is 66.7. The van der Waals surface area contributed by atoms with Crippen LogP contribution in [0, 0.1) is 0 Å². The van der Waals surface area contributed by atoms with Crippen LogP contribution in [0.2, 0.25) is 5.02 Å².